The van der Waals surface area contributed by atoms with Crippen molar-refractivity contribution in [2.75, 3.05) is 26.9 Å². The van der Waals surface area contributed by atoms with Gasteiger partial charge in [0.1, 0.15) is 17.2 Å². The maximum Gasteiger partial charge on any atom is 0.257 e. The predicted octanol–water partition coefficient (Wildman–Crippen LogP) is 2.64. The summed E-state index contributed by atoms with van der Waals surface area (Å²) in [6.07, 6.45) is 0.840. The van der Waals surface area contributed by atoms with Gasteiger partial charge in [0.05, 0.1) is 13.7 Å². The molecule has 1 aliphatic rings. The van der Waals surface area contributed by atoms with Crippen LogP contribution in [0, 0.1) is 5.92 Å². The van der Waals surface area contributed by atoms with Crippen LogP contribution in [0.2, 0.25) is 0 Å². The van der Waals surface area contributed by atoms with E-state index in [0.717, 1.165) is 23.5 Å². The fourth-order valence-electron chi connectivity index (χ4n) is 2.92. The van der Waals surface area contributed by atoms with Crippen molar-refractivity contribution in [2.24, 2.45) is 5.92 Å². The van der Waals surface area contributed by atoms with E-state index >= 15 is 0 Å². The van der Waals surface area contributed by atoms with Crippen LogP contribution in [0.5, 0.6) is 17.2 Å². The van der Waals surface area contributed by atoms with Crippen molar-refractivity contribution in [3.8, 4) is 17.2 Å². The van der Waals surface area contributed by atoms with E-state index in [0.29, 0.717) is 24.5 Å². The molecule has 2 aromatic rings. The molecule has 0 unspecified atom stereocenters. The smallest absolute Gasteiger partial charge is 0.257 e. The van der Waals surface area contributed by atoms with Crippen LogP contribution in [0.1, 0.15) is 22.8 Å². The molecule has 1 atom stereocenters. The van der Waals surface area contributed by atoms with Gasteiger partial charge >= 0.3 is 0 Å². The minimum atomic E-state index is -0.189. The van der Waals surface area contributed by atoms with Gasteiger partial charge in [0, 0.05) is 24.1 Å². The third-order valence-electron chi connectivity index (χ3n) is 4.48. The first kappa shape index (κ1) is 18.8. The average Bonchev–Trinajstić information content (AvgIpc) is 2.70. The Hall–Kier alpha value is -3.02. The molecule has 27 heavy (non-hydrogen) atoms. The second-order valence-electron chi connectivity index (χ2n) is 6.53. The summed E-state index contributed by atoms with van der Waals surface area (Å²) < 4.78 is 16.4. The molecule has 0 fully saturated rings. The molecule has 3 rings (SSSR count). The summed E-state index contributed by atoms with van der Waals surface area (Å²) in [5.41, 5.74) is 1.73. The standard InChI is InChI=1S/C21H23NO5/c1-14(23)16-3-6-18(7-4-16)26-13-21(24)22-11-15-9-17-5-8-19(25-2)10-20(17)27-12-15/h3-8,10,15H,9,11-13H2,1-2H3,(H,22,24)/t15-/m0/s1. The van der Waals surface area contributed by atoms with E-state index in [9.17, 15) is 9.59 Å². The van der Waals surface area contributed by atoms with Gasteiger partial charge in [0.15, 0.2) is 12.4 Å². The molecule has 0 saturated carbocycles. The van der Waals surface area contributed by atoms with E-state index in [-0.39, 0.29) is 24.2 Å². The zero-order valence-electron chi connectivity index (χ0n) is 15.5. The Morgan fingerprint density at radius 1 is 1.15 bits per heavy atom. The summed E-state index contributed by atoms with van der Waals surface area (Å²) in [6.45, 7) is 2.51. The highest BCUT2D eigenvalue weighted by atomic mass is 16.5. The summed E-state index contributed by atoms with van der Waals surface area (Å²) in [5.74, 6) is 2.19. The Kier molecular flexibility index (Phi) is 5.96. The molecule has 0 bridgehead atoms. The number of hydrogen-bond donors (Lipinski definition) is 1. The van der Waals surface area contributed by atoms with Crippen molar-refractivity contribution in [1.29, 1.82) is 0 Å². The molecule has 142 valence electrons. The van der Waals surface area contributed by atoms with Crippen molar-refractivity contribution >= 4 is 11.7 Å². The minimum absolute atomic E-state index is 0.00554. The van der Waals surface area contributed by atoms with Gasteiger partial charge in [-0.25, -0.2) is 0 Å². The van der Waals surface area contributed by atoms with Gasteiger partial charge in [0.2, 0.25) is 0 Å². The number of ketones is 1. The SMILES string of the molecule is COc1ccc2c(c1)OC[C@H](CNC(=O)COc1ccc(C(C)=O)cc1)C2. The molecule has 0 radical (unpaired) electrons. The van der Waals surface area contributed by atoms with E-state index in [1.807, 2.05) is 18.2 Å². The van der Waals surface area contributed by atoms with Crippen LogP contribution in [0.4, 0.5) is 0 Å². The van der Waals surface area contributed by atoms with Crippen molar-refractivity contribution in [3.63, 3.8) is 0 Å². The lowest BCUT2D eigenvalue weighted by molar-refractivity contribution is -0.123. The van der Waals surface area contributed by atoms with Crippen molar-refractivity contribution < 1.29 is 23.8 Å². The summed E-state index contributed by atoms with van der Waals surface area (Å²) in [5, 5.41) is 2.88. The summed E-state index contributed by atoms with van der Waals surface area (Å²) in [7, 11) is 1.63. The number of nitrogens with one attached hydrogen (secondary N) is 1. The summed E-state index contributed by atoms with van der Waals surface area (Å²) in [6, 6.07) is 12.5. The summed E-state index contributed by atoms with van der Waals surface area (Å²) in [4.78, 5) is 23.3. The molecule has 0 aromatic heterocycles. The van der Waals surface area contributed by atoms with Crippen molar-refractivity contribution in [2.45, 2.75) is 13.3 Å². The molecule has 0 spiro atoms. The average molecular weight is 369 g/mol. The molecule has 1 N–H and O–H groups in total. The third kappa shape index (κ3) is 5.00. The first-order chi connectivity index (χ1) is 13.0. The highest BCUT2D eigenvalue weighted by Crippen LogP contribution is 2.30. The fourth-order valence-corrected chi connectivity index (χ4v) is 2.92. The minimum Gasteiger partial charge on any atom is -0.497 e. The van der Waals surface area contributed by atoms with E-state index in [1.54, 1.807) is 31.4 Å². The number of amides is 1. The van der Waals surface area contributed by atoms with Gasteiger partial charge < -0.3 is 19.5 Å². The number of fused-ring (bicyclic) bond motifs is 1. The lowest BCUT2D eigenvalue weighted by Gasteiger charge is -2.25. The molecule has 1 amide bonds. The number of benzene rings is 2. The molecular formula is C21H23NO5. The molecular weight excluding hydrogens is 346 g/mol. The van der Waals surface area contributed by atoms with Gasteiger partial charge in [-0.2, -0.15) is 0 Å². The Morgan fingerprint density at radius 2 is 1.89 bits per heavy atom. The summed E-state index contributed by atoms with van der Waals surface area (Å²) >= 11 is 0. The predicted molar refractivity (Wildman–Crippen MR) is 101 cm³/mol. The van der Waals surface area contributed by atoms with Gasteiger partial charge in [-0.15, -0.1) is 0 Å². The molecule has 6 nitrogen and oxygen atoms in total. The third-order valence-corrected chi connectivity index (χ3v) is 4.48. The Balaban J connectivity index is 1.43. The number of carbonyl (C=O) groups excluding carboxylic acids is 2. The fraction of sp³-hybridized carbons (Fsp3) is 0.333. The van der Waals surface area contributed by atoms with Crippen LogP contribution in [-0.2, 0) is 11.2 Å². The Morgan fingerprint density at radius 3 is 2.59 bits per heavy atom. The van der Waals surface area contributed by atoms with E-state index < -0.39 is 0 Å². The van der Waals surface area contributed by atoms with E-state index in [2.05, 4.69) is 5.32 Å². The molecule has 1 heterocycles. The highest BCUT2D eigenvalue weighted by Gasteiger charge is 2.21. The van der Waals surface area contributed by atoms with Crippen LogP contribution < -0.4 is 19.5 Å². The van der Waals surface area contributed by atoms with Gasteiger partial charge in [-0.05, 0) is 49.2 Å². The zero-order valence-corrected chi connectivity index (χ0v) is 15.5. The first-order valence-corrected chi connectivity index (χ1v) is 8.85. The largest absolute Gasteiger partial charge is 0.497 e. The molecule has 0 aliphatic carbocycles. The lowest BCUT2D eigenvalue weighted by atomic mass is 9.96. The van der Waals surface area contributed by atoms with E-state index in [4.69, 9.17) is 14.2 Å². The van der Waals surface area contributed by atoms with E-state index in [1.165, 1.54) is 6.92 Å². The maximum atomic E-state index is 12.0. The van der Waals surface area contributed by atoms with Crippen molar-refractivity contribution in [1.82, 2.24) is 5.32 Å². The van der Waals surface area contributed by atoms with Gasteiger partial charge in [0.25, 0.3) is 5.91 Å². The number of carbonyl (C=O) groups is 2. The van der Waals surface area contributed by atoms with Crippen LogP contribution in [-0.4, -0.2) is 38.6 Å². The monoisotopic (exact) mass is 369 g/mol. The molecule has 6 heteroatoms. The highest BCUT2D eigenvalue weighted by molar-refractivity contribution is 5.94. The second kappa shape index (κ2) is 8.58. The molecule has 0 saturated heterocycles. The first-order valence-electron chi connectivity index (χ1n) is 8.85. The number of ether oxygens (including phenoxy) is 3. The van der Waals surface area contributed by atoms with Crippen molar-refractivity contribution in [3.05, 3.63) is 53.6 Å². The zero-order chi connectivity index (χ0) is 19.2. The quantitative estimate of drug-likeness (QED) is 0.760. The maximum absolute atomic E-state index is 12.0. The molecule has 2 aromatic carbocycles. The lowest BCUT2D eigenvalue weighted by Crippen LogP contribution is -2.37. The van der Waals surface area contributed by atoms with Crippen LogP contribution >= 0.6 is 0 Å². The van der Waals surface area contributed by atoms with Gasteiger partial charge in [-0.3, -0.25) is 9.59 Å². The topological polar surface area (TPSA) is 73.9 Å². The Bertz CT molecular complexity index is 816. The van der Waals surface area contributed by atoms with Crippen LogP contribution in [0.3, 0.4) is 0 Å². The second-order valence-corrected chi connectivity index (χ2v) is 6.53. The Labute approximate surface area is 158 Å². The number of Topliss-reactive ketones (excluding diaryl/α,β-unsaturated/α-hetero) is 1. The van der Waals surface area contributed by atoms with Crippen LogP contribution in [0.25, 0.3) is 0 Å². The van der Waals surface area contributed by atoms with Gasteiger partial charge in [-0.1, -0.05) is 6.07 Å². The number of hydrogen-bond acceptors (Lipinski definition) is 5. The normalized spacial score (nSPS) is 15.3. The molecule has 1 aliphatic heterocycles. The number of methoxy groups -OCH3 is 1. The number of rotatable bonds is 7. The van der Waals surface area contributed by atoms with Crippen LogP contribution in [0.15, 0.2) is 42.5 Å².